The van der Waals surface area contributed by atoms with Crippen molar-refractivity contribution < 1.29 is 64.6 Å². The Balaban J connectivity index is 2.18. The molecule has 15 heteroatoms. The molecule has 2 fully saturated rings. The van der Waals surface area contributed by atoms with Gasteiger partial charge in [-0.2, -0.15) is 0 Å². The van der Waals surface area contributed by atoms with Gasteiger partial charge in [-0.1, -0.05) is 0 Å². The Morgan fingerprint density at radius 1 is 0.848 bits per heavy atom. The van der Waals surface area contributed by atoms with Crippen LogP contribution >= 0.6 is 0 Å². The Hall–Kier alpha value is -1.05. The average Bonchev–Trinajstić information content (AvgIpc) is 2.80. The Morgan fingerprint density at radius 2 is 1.39 bits per heavy atom. The Labute approximate surface area is 189 Å². The van der Waals surface area contributed by atoms with Gasteiger partial charge >= 0.3 is 5.97 Å². The zero-order chi connectivity index (χ0) is 24.9. The Bertz CT molecular complexity index is 614. The van der Waals surface area contributed by atoms with Gasteiger partial charge in [-0.3, -0.25) is 4.79 Å². The van der Waals surface area contributed by atoms with Crippen LogP contribution in [0.25, 0.3) is 0 Å². The smallest absolute Gasteiger partial charge is 0.320 e. The van der Waals surface area contributed by atoms with Crippen molar-refractivity contribution in [2.75, 3.05) is 19.8 Å². The first-order chi connectivity index (χ1) is 15.5. The number of aliphatic hydroxyl groups excluding tert-OH is 7. The van der Waals surface area contributed by atoms with Gasteiger partial charge in [0.2, 0.25) is 0 Å². The maximum atomic E-state index is 10.9. The van der Waals surface area contributed by atoms with Crippen molar-refractivity contribution in [2.24, 2.45) is 11.5 Å². The number of carbonyl (C=O) groups is 1. The monoisotopic (exact) mass is 486 g/mol. The molecule has 0 spiro atoms. The summed E-state index contributed by atoms with van der Waals surface area (Å²) >= 11 is 0. The van der Waals surface area contributed by atoms with Gasteiger partial charge in [-0.05, 0) is 12.8 Å². The molecule has 15 nitrogen and oxygen atoms in total. The van der Waals surface area contributed by atoms with Gasteiger partial charge in [-0.15, -0.1) is 0 Å². The summed E-state index contributed by atoms with van der Waals surface area (Å²) in [5, 5.41) is 78.6. The quantitative estimate of drug-likeness (QED) is 0.130. The molecular formula is C18H34N2O13. The second-order valence-corrected chi connectivity index (χ2v) is 8.02. The molecule has 12 N–H and O–H groups in total. The van der Waals surface area contributed by atoms with E-state index in [1.165, 1.54) is 0 Å². The van der Waals surface area contributed by atoms with E-state index in [9.17, 15) is 40.5 Å². The third-order valence-corrected chi connectivity index (χ3v) is 5.67. The van der Waals surface area contributed by atoms with E-state index in [2.05, 4.69) is 0 Å². The van der Waals surface area contributed by atoms with E-state index in [1.807, 2.05) is 0 Å². The summed E-state index contributed by atoms with van der Waals surface area (Å²) in [7, 11) is 0. The summed E-state index contributed by atoms with van der Waals surface area (Å²) in [5.41, 5.74) is 11.2. The van der Waals surface area contributed by atoms with E-state index < -0.39 is 92.7 Å². The van der Waals surface area contributed by atoms with Crippen molar-refractivity contribution in [3.8, 4) is 0 Å². The van der Waals surface area contributed by atoms with E-state index in [-0.39, 0.29) is 19.4 Å². The van der Waals surface area contributed by atoms with E-state index in [0.717, 1.165) is 0 Å². The van der Waals surface area contributed by atoms with Crippen LogP contribution in [-0.2, 0) is 23.7 Å². The minimum absolute atomic E-state index is 0.00321. The van der Waals surface area contributed by atoms with Crippen LogP contribution in [-0.4, -0.2) is 140 Å². The first-order valence-corrected chi connectivity index (χ1v) is 10.5. The molecule has 12 unspecified atom stereocenters. The molecule has 0 aliphatic carbocycles. The Morgan fingerprint density at radius 3 is 1.91 bits per heavy atom. The van der Waals surface area contributed by atoms with Gasteiger partial charge in [0.05, 0.1) is 19.3 Å². The molecule has 0 saturated carbocycles. The number of nitrogens with two attached hydrogens (primary N) is 2. The van der Waals surface area contributed by atoms with E-state index in [0.29, 0.717) is 0 Å². The van der Waals surface area contributed by atoms with Gasteiger partial charge < -0.3 is 71.3 Å². The number of rotatable bonds is 11. The van der Waals surface area contributed by atoms with Gasteiger partial charge in [0.25, 0.3) is 0 Å². The zero-order valence-electron chi connectivity index (χ0n) is 17.7. The summed E-state index contributed by atoms with van der Waals surface area (Å²) in [6, 6.07) is -1.17. The molecule has 2 aliphatic heterocycles. The molecule has 0 aromatic rings. The minimum atomic E-state index is -1.80. The van der Waals surface area contributed by atoms with Crippen molar-refractivity contribution >= 4 is 5.97 Å². The second-order valence-electron chi connectivity index (χ2n) is 8.02. The van der Waals surface area contributed by atoms with Gasteiger partial charge in [0.15, 0.2) is 12.6 Å². The molecule has 194 valence electrons. The van der Waals surface area contributed by atoms with Crippen LogP contribution in [0.2, 0.25) is 0 Å². The predicted molar refractivity (Wildman–Crippen MR) is 105 cm³/mol. The van der Waals surface area contributed by atoms with E-state index >= 15 is 0 Å². The van der Waals surface area contributed by atoms with Gasteiger partial charge in [-0.25, -0.2) is 0 Å². The lowest BCUT2D eigenvalue weighted by Gasteiger charge is -2.46. The van der Waals surface area contributed by atoms with Crippen LogP contribution in [0.4, 0.5) is 0 Å². The zero-order valence-corrected chi connectivity index (χ0v) is 17.7. The fraction of sp³-hybridized carbons (Fsp3) is 0.944. The molecule has 2 rings (SSSR count). The van der Waals surface area contributed by atoms with Crippen LogP contribution in [0.3, 0.4) is 0 Å². The summed E-state index contributed by atoms with van der Waals surface area (Å²) in [6.07, 6.45) is -16.6. The highest BCUT2D eigenvalue weighted by Crippen LogP contribution is 2.30. The molecule has 0 radical (unpaired) electrons. The fourth-order valence-corrected chi connectivity index (χ4v) is 3.57. The normalized spacial score (nSPS) is 41.5. The summed E-state index contributed by atoms with van der Waals surface area (Å²) in [6.45, 7) is -1.52. The molecule has 0 aromatic carbocycles. The number of aliphatic hydroxyl groups is 7. The first-order valence-electron chi connectivity index (χ1n) is 10.5. The number of ether oxygens (including phenoxy) is 4. The number of hydrogen-bond donors (Lipinski definition) is 10. The number of hydrogen-bond acceptors (Lipinski definition) is 14. The SMILES string of the molecule is NCC(CCC(N)C(=O)O)OC1OC(CO)C(O)C(O)C1OC1OC(CO)C(O)C(O)C1O. The summed E-state index contributed by atoms with van der Waals surface area (Å²) in [4.78, 5) is 10.9. The lowest BCUT2D eigenvalue weighted by atomic mass is 9.97. The molecule has 2 saturated heterocycles. The molecule has 2 aliphatic rings. The highest BCUT2D eigenvalue weighted by molar-refractivity contribution is 5.72. The van der Waals surface area contributed by atoms with Crippen LogP contribution in [0.1, 0.15) is 12.8 Å². The highest BCUT2D eigenvalue weighted by Gasteiger charge is 2.51. The number of carboxylic acids is 1. The third kappa shape index (κ3) is 6.76. The van der Waals surface area contributed by atoms with Crippen molar-refractivity contribution in [1.29, 1.82) is 0 Å². The van der Waals surface area contributed by atoms with Crippen molar-refractivity contribution in [3.05, 3.63) is 0 Å². The van der Waals surface area contributed by atoms with Crippen LogP contribution < -0.4 is 11.5 Å². The molecule has 0 aromatic heterocycles. The molecule has 33 heavy (non-hydrogen) atoms. The highest BCUT2D eigenvalue weighted by atomic mass is 16.8. The van der Waals surface area contributed by atoms with Gasteiger partial charge in [0.1, 0.15) is 54.9 Å². The van der Waals surface area contributed by atoms with Crippen LogP contribution in [0.5, 0.6) is 0 Å². The molecular weight excluding hydrogens is 452 g/mol. The summed E-state index contributed by atoms with van der Waals surface area (Å²) < 4.78 is 22.0. The Kier molecular flexibility index (Phi) is 10.8. The fourth-order valence-electron chi connectivity index (χ4n) is 3.57. The predicted octanol–water partition coefficient (Wildman–Crippen LogP) is -5.85. The van der Waals surface area contributed by atoms with E-state index in [1.54, 1.807) is 0 Å². The number of aliphatic carboxylic acids is 1. The topological polar surface area (TPSA) is 268 Å². The minimum Gasteiger partial charge on any atom is -0.480 e. The maximum Gasteiger partial charge on any atom is 0.320 e. The molecule has 12 atom stereocenters. The first kappa shape index (κ1) is 28.2. The molecule has 0 amide bonds. The van der Waals surface area contributed by atoms with Crippen molar-refractivity contribution in [3.63, 3.8) is 0 Å². The van der Waals surface area contributed by atoms with E-state index in [4.69, 9.17) is 35.5 Å². The second kappa shape index (κ2) is 12.6. The lowest BCUT2D eigenvalue weighted by molar-refractivity contribution is -0.371. The molecule has 0 bridgehead atoms. The molecule has 2 heterocycles. The third-order valence-electron chi connectivity index (χ3n) is 5.67. The maximum absolute atomic E-state index is 10.9. The van der Waals surface area contributed by atoms with Gasteiger partial charge in [0, 0.05) is 6.54 Å². The standard InChI is InChI=1S/C18H34N2O13/c19-3-6(1-2-7(20)16(28)29)30-18-15(13(26)11(24)9(5-22)32-18)33-17-14(27)12(25)10(23)8(4-21)31-17/h6-15,17-18,21-27H,1-5,19-20H2,(H,28,29). The number of carboxylic acid groups (broad SMARTS) is 1. The summed E-state index contributed by atoms with van der Waals surface area (Å²) in [5.74, 6) is -1.22. The largest absolute Gasteiger partial charge is 0.480 e. The van der Waals surface area contributed by atoms with Crippen molar-refractivity contribution in [2.45, 2.75) is 86.4 Å². The van der Waals surface area contributed by atoms with Crippen LogP contribution in [0, 0.1) is 0 Å². The van der Waals surface area contributed by atoms with Crippen molar-refractivity contribution in [1.82, 2.24) is 0 Å². The lowest BCUT2D eigenvalue weighted by Crippen LogP contribution is -2.65. The van der Waals surface area contributed by atoms with Crippen LogP contribution in [0.15, 0.2) is 0 Å². The average molecular weight is 486 g/mol.